The van der Waals surface area contributed by atoms with Crippen LogP contribution >= 0.6 is 0 Å². The van der Waals surface area contributed by atoms with E-state index in [-0.39, 0.29) is 0 Å². The van der Waals surface area contributed by atoms with Crippen molar-refractivity contribution in [1.82, 2.24) is 9.97 Å². The molecule has 2 heterocycles. The second kappa shape index (κ2) is 6.68. The topological polar surface area (TPSA) is 85.1 Å². The predicted molar refractivity (Wildman–Crippen MR) is 76.0 cm³/mol. The van der Waals surface area contributed by atoms with E-state index in [4.69, 9.17) is 10.6 Å². The molecular weight excluding hydrogens is 242 g/mol. The Kier molecular flexibility index (Phi) is 4.93. The van der Waals surface area contributed by atoms with Gasteiger partial charge in [-0.3, -0.25) is 0 Å². The number of nitrogen functional groups attached to an aromatic ring is 1. The van der Waals surface area contributed by atoms with Crippen molar-refractivity contribution in [1.29, 1.82) is 0 Å². The number of nitrogens with two attached hydrogens (primary N) is 1. The SMILES string of the molecule is CCc1nc(NN)c(C)c(NCC2CCCOC2)n1. The van der Waals surface area contributed by atoms with Crippen LogP contribution in [0, 0.1) is 12.8 Å². The molecule has 1 unspecified atom stereocenters. The molecule has 0 radical (unpaired) electrons. The summed E-state index contributed by atoms with van der Waals surface area (Å²) in [7, 11) is 0. The van der Waals surface area contributed by atoms with E-state index >= 15 is 0 Å². The van der Waals surface area contributed by atoms with Gasteiger partial charge < -0.3 is 15.5 Å². The first-order chi connectivity index (χ1) is 9.24. The van der Waals surface area contributed by atoms with Gasteiger partial charge in [0.25, 0.3) is 0 Å². The molecular formula is C13H23N5O. The van der Waals surface area contributed by atoms with E-state index in [1.807, 2.05) is 13.8 Å². The molecule has 0 spiro atoms. The van der Waals surface area contributed by atoms with Gasteiger partial charge in [0.1, 0.15) is 17.5 Å². The summed E-state index contributed by atoms with van der Waals surface area (Å²) in [5.41, 5.74) is 3.59. The maximum Gasteiger partial charge on any atom is 0.148 e. The van der Waals surface area contributed by atoms with Crippen LogP contribution in [0.1, 0.15) is 31.2 Å². The average molecular weight is 265 g/mol. The fourth-order valence-corrected chi connectivity index (χ4v) is 2.24. The van der Waals surface area contributed by atoms with Gasteiger partial charge in [0.15, 0.2) is 0 Å². The third-order valence-corrected chi connectivity index (χ3v) is 3.46. The zero-order valence-corrected chi connectivity index (χ0v) is 11.7. The zero-order valence-electron chi connectivity index (χ0n) is 11.7. The fourth-order valence-electron chi connectivity index (χ4n) is 2.24. The van der Waals surface area contributed by atoms with Crippen LogP contribution in [0.25, 0.3) is 0 Å². The molecule has 19 heavy (non-hydrogen) atoms. The number of aromatic nitrogens is 2. The number of hydrogen-bond donors (Lipinski definition) is 3. The average Bonchev–Trinajstić information content (AvgIpc) is 2.47. The van der Waals surface area contributed by atoms with Crippen molar-refractivity contribution < 1.29 is 4.74 Å². The van der Waals surface area contributed by atoms with Gasteiger partial charge in [-0.2, -0.15) is 0 Å². The molecule has 6 nitrogen and oxygen atoms in total. The molecule has 1 aliphatic heterocycles. The fraction of sp³-hybridized carbons (Fsp3) is 0.692. The van der Waals surface area contributed by atoms with Crippen LogP contribution in [0.2, 0.25) is 0 Å². The number of anilines is 2. The van der Waals surface area contributed by atoms with Crippen molar-refractivity contribution in [3.63, 3.8) is 0 Å². The first kappa shape index (κ1) is 14.0. The minimum atomic E-state index is 0.558. The quantitative estimate of drug-likeness (QED) is 0.552. The highest BCUT2D eigenvalue weighted by molar-refractivity contribution is 5.56. The summed E-state index contributed by atoms with van der Waals surface area (Å²) >= 11 is 0. The minimum Gasteiger partial charge on any atom is -0.381 e. The second-order valence-electron chi connectivity index (χ2n) is 4.92. The van der Waals surface area contributed by atoms with Gasteiger partial charge >= 0.3 is 0 Å². The van der Waals surface area contributed by atoms with E-state index in [1.54, 1.807) is 0 Å². The molecule has 1 fully saturated rings. The van der Waals surface area contributed by atoms with E-state index in [2.05, 4.69) is 20.7 Å². The lowest BCUT2D eigenvalue weighted by Crippen LogP contribution is -2.25. The number of nitrogens with one attached hydrogen (secondary N) is 2. The minimum absolute atomic E-state index is 0.558. The zero-order chi connectivity index (χ0) is 13.7. The monoisotopic (exact) mass is 265 g/mol. The third-order valence-electron chi connectivity index (χ3n) is 3.46. The molecule has 106 valence electrons. The molecule has 1 aliphatic rings. The standard InChI is InChI=1S/C13H23N5O/c1-3-11-16-12(9(2)13(17-11)18-14)15-7-10-5-4-6-19-8-10/h10H,3-8,14H2,1-2H3,(H2,15,16,17,18). The van der Waals surface area contributed by atoms with Crippen molar-refractivity contribution in [3.8, 4) is 0 Å². The molecule has 6 heteroatoms. The van der Waals surface area contributed by atoms with E-state index in [9.17, 15) is 0 Å². The van der Waals surface area contributed by atoms with Crippen molar-refractivity contribution >= 4 is 11.6 Å². The van der Waals surface area contributed by atoms with Crippen molar-refractivity contribution in [3.05, 3.63) is 11.4 Å². The molecule has 4 N–H and O–H groups in total. The van der Waals surface area contributed by atoms with Crippen molar-refractivity contribution in [2.45, 2.75) is 33.1 Å². The Morgan fingerprint density at radius 2 is 2.16 bits per heavy atom. The van der Waals surface area contributed by atoms with E-state index in [0.29, 0.717) is 11.7 Å². The molecule has 0 aromatic carbocycles. The highest BCUT2D eigenvalue weighted by atomic mass is 16.5. The van der Waals surface area contributed by atoms with Gasteiger partial charge in [-0.1, -0.05) is 6.92 Å². The highest BCUT2D eigenvalue weighted by Crippen LogP contribution is 2.21. The van der Waals surface area contributed by atoms with Crippen LogP contribution < -0.4 is 16.6 Å². The van der Waals surface area contributed by atoms with Crippen LogP contribution in [0.15, 0.2) is 0 Å². The number of nitrogens with zero attached hydrogens (tertiary/aromatic N) is 2. The number of ether oxygens (including phenoxy) is 1. The molecule has 1 aromatic rings. The molecule has 0 bridgehead atoms. The smallest absolute Gasteiger partial charge is 0.148 e. The lowest BCUT2D eigenvalue weighted by molar-refractivity contribution is 0.0595. The summed E-state index contributed by atoms with van der Waals surface area (Å²) in [6.07, 6.45) is 3.14. The first-order valence-corrected chi connectivity index (χ1v) is 6.90. The van der Waals surface area contributed by atoms with E-state index < -0.39 is 0 Å². The number of rotatable bonds is 5. The Morgan fingerprint density at radius 3 is 2.79 bits per heavy atom. The molecule has 0 amide bonds. The van der Waals surface area contributed by atoms with Crippen LogP contribution in [0.3, 0.4) is 0 Å². The van der Waals surface area contributed by atoms with E-state index in [1.165, 1.54) is 6.42 Å². The van der Waals surface area contributed by atoms with Gasteiger partial charge in [-0.05, 0) is 25.7 Å². The van der Waals surface area contributed by atoms with Gasteiger partial charge in [-0.25, -0.2) is 15.8 Å². The molecule has 1 saturated heterocycles. The largest absolute Gasteiger partial charge is 0.381 e. The molecule has 2 rings (SSSR count). The van der Waals surface area contributed by atoms with Gasteiger partial charge in [0, 0.05) is 25.1 Å². The van der Waals surface area contributed by atoms with Gasteiger partial charge in [0.05, 0.1) is 6.61 Å². The van der Waals surface area contributed by atoms with Crippen LogP contribution in [-0.2, 0) is 11.2 Å². The Balaban J connectivity index is 2.05. The number of hydrazine groups is 1. The molecule has 1 atom stereocenters. The van der Waals surface area contributed by atoms with Gasteiger partial charge in [0.2, 0.25) is 0 Å². The normalized spacial score (nSPS) is 19.2. The van der Waals surface area contributed by atoms with Crippen LogP contribution in [0.4, 0.5) is 11.6 Å². The van der Waals surface area contributed by atoms with E-state index in [0.717, 1.165) is 49.8 Å². The second-order valence-corrected chi connectivity index (χ2v) is 4.92. The summed E-state index contributed by atoms with van der Waals surface area (Å²) in [4.78, 5) is 8.88. The molecule has 0 saturated carbocycles. The lowest BCUT2D eigenvalue weighted by Gasteiger charge is -2.23. The van der Waals surface area contributed by atoms with Crippen molar-refractivity contribution in [2.24, 2.45) is 11.8 Å². The molecule has 0 aliphatic carbocycles. The first-order valence-electron chi connectivity index (χ1n) is 6.90. The highest BCUT2D eigenvalue weighted by Gasteiger charge is 2.15. The third kappa shape index (κ3) is 3.54. The summed E-state index contributed by atoms with van der Waals surface area (Å²) in [5.74, 6) is 8.40. The maximum absolute atomic E-state index is 5.49. The Morgan fingerprint density at radius 1 is 1.37 bits per heavy atom. The van der Waals surface area contributed by atoms with Crippen molar-refractivity contribution in [2.75, 3.05) is 30.5 Å². The summed E-state index contributed by atoms with van der Waals surface area (Å²) in [6, 6.07) is 0. The Hall–Kier alpha value is -1.40. The predicted octanol–water partition coefficient (Wildman–Crippen LogP) is 1.47. The number of aryl methyl sites for hydroxylation is 1. The summed E-state index contributed by atoms with van der Waals surface area (Å²) < 4.78 is 5.49. The Labute approximate surface area is 114 Å². The van der Waals surface area contributed by atoms with Crippen LogP contribution in [-0.4, -0.2) is 29.7 Å². The summed E-state index contributed by atoms with van der Waals surface area (Å²) in [5, 5.41) is 3.41. The van der Waals surface area contributed by atoms with Gasteiger partial charge in [-0.15, -0.1) is 0 Å². The maximum atomic E-state index is 5.49. The number of hydrogen-bond acceptors (Lipinski definition) is 6. The lowest BCUT2D eigenvalue weighted by atomic mass is 10.0. The summed E-state index contributed by atoms with van der Waals surface area (Å²) in [6.45, 7) is 6.60. The van der Waals surface area contributed by atoms with Crippen LogP contribution in [0.5, 0.6) is 0 Å². The Bertz CT molecular complexity index is 418. The molecule has 1 aromatic heterocycles.